The monoisotopic (exact) mass is 1250 g/mol. The lowest BCUT2D eigenvalue weighted by atomic mass is 10.1. The third-order valence-corrected chi connectivity index (χ3v) is 16.0. The number of benzene rings is 5. The van der Waals surface area contributed by atoms with Crippen molar-refractivity contribution in [2.45, 2.75) is 59.7 Å². The fourth-order valence-corrected chi connectivity index (χ4v) is 10.8. The van der Waals surface area contributed by atoms with Crippen molar-refractivity contribution in [3.63, 3.8) is 0 Å². The topological polar surface area (TPSA) is 223 Å². The summed E-state index contributed by atoms with van der Waals surface area (Å²) in [6.07, 6.45) is 15.3. The van der Waals surface area contributed by atoms with Gasteiger partial charge >= 0.3 is 5.63 Å². The van der Waals surface area contributed by atoms with E-state index in [1.165, 1.54) is 0 Å². The number of nitrogens with zero attached hydrogens (tertiary/aromatic N) is 11. The van der Waals surface area contributed by atoms with Crippen LogP contribution in [-0.4, -0.2) is 141 Å². The van der Waals surface area contributed by atoms with Crippen molar-refractivity contribution in [3.8, 4) is 0 Å². The molecule has 468 valence electrons. The molecule has 10 rings (SSSR count). The number of nitrogens with one attached hydrogen (secondary N) is 1. The highest BCUT2D eigenvalue weighted by Crippen LogP contribution is 2.31. The quantitative estimate of drug-likeness (QED) is 0.0303. The number of aromatic nitrogens is 7. The number of para-hydroxylation sites is 1. The number of anilines is 4. The summed E-state index contributed by atoms with van der Waals surface area (Å²) in [4.78, 5) is 58.8. The highest BCUT2D eigenvalue weighted by molar-refractivity contribution is 7.18. The Morgan fingerprint density at radius 3 is 1.78 bits per heavy atom. The van der Waals surface area contributed by atoms with Crippen molar-refractivity contribution in [1.82, 2.24) is 30.9 Å². The van der Waals surface area contributed by atoms with Gasteiger partial charge in [-0.25, -0.2) is 23.6 Å². The smallest absolute Gasteiger partial charge is 0.362 e. The molecule has 1 N–H and O–H groups in total. The van der Waals surface area contributed by atoms with Crippen LogP contribution in [0.1, 0.15) is 60.7 Å². The Morgan fingerprint density at radius 2 is 1.18 bits per heavy atom. The summed E-state index contributed by atoms with van der Waals surface area (Å²) >= 11 is 1.67. The normalized spacial score (nSPS) is 11.3. The summed E-state index contributed by atoms with van der Waals surface area (Å²) in [5, 5.41) is 20.3. The zero-order chi connectivity index (χ0) is 65.5. The molecule has 0 unspecified atom stereocenters. The van der Waals surface area contributed by atoms with E-state index in [1.54, 1.807) is 23.5 Å². The molecule has 21 nitrogen and oxygen atoms in total. The van der Waals surface area contributed by atoms with E-state index in [0.717, 1.165) is 108 Å². The molecule has 5 heterocycles. The number of hydrogen-bond donors (Lipinski definition) is 1. The number of carbonyl (C=O) groups excluding carboxylic acids is 3. The van der Waals surface area contributed by atoms with E-state index >= 15 is 0 Å². The second kappa shape index (κ2) is 33.8. The van der Waals surface area contributed by atoms with Crippen molar-refractivity contribution < 1.29 is 46.7 Å². The standard InChI is InChI=1S/C23H24BN4O3S.C23H24BN3O4.C21H24BN5O2/c1-3-27(4-2)18-11-9-16(22-23(18)26-31-25-22)10-12-20-28(13-14-30-21(29)15-24)17-7-5-6-8-19(17)32-20;1-26(2)18-9-11-19-21(14-18)31-23(29)20(25-19)10-6-16-4-7-17(8-5-16)27(3)12-13-30-22(28)15-24;1-3-27(4-2)18-8-7-17(20-21(18)25-29-24-20)6-5-16-9-12-26(13-10-16)14-11-23-19(28)15-22/h5-12H,3-4,13-15H2,1-2H3;4-11,14H,12-13,15H2,1-3H3;5-10,12-13H,3-4,11,14-15H2,1-2H3/q+1;;/p+1/b;10-6+;. The fraction of sp³-hybridized carbons (Fsp3) is 0.299. The molecule has 0 aliphatic rings. The SMILES string of the molecule is [B]CC(=O)NCC[n+]1ccc(/C=C/c2ccc(N(CC)CC)c3nonc23)cc1.[B]CC(=O)OCCN(C)c1ccc(/C=C/c2nc3ccc(N(C)C)cc3oc2=O)cc1.[B]CC(=O)OCC[n+]1c(/C=C/c2ccc(N(CC)CC)c3nonc23)sc2ccccc21. The van der Waals surface area contributed by atoms with Crippen LogP contribution in [0.15, 0.2) is 134 Å². The van der Waals surface area contributed by atoms with Gasteiger partial charge in [0.25, 0.3) is 16.9 Å². The van der Waals surface area contributed by atoms with E-state index in [9.17, 15) is 19.2 Å². The van der Waals surface area contributed by atoms with Gasteiger partial charge < -0.3 is 38.8 Å². The number of thiazole rings is 1. The number of ether oxygens (including phenoxy) is 2. The molecule has 6 radical (unpaired) electrons. The number of esters is 2. The van der Waals surface area contributed by atoms with Gasteiger partial charge in [-0.2, -0.15) is 4.57 Å². The predicted molar refractivity (Wildman–Crippen MR) is 367 cm³/mol. The van der Waals surface area contributed by atoms with Gasteiger partial charge in [0.05, 0.1) is 48.0 Å². The van der Waals surface area contributed by atoms with Crippen LogP contribution in [0, 0.1) is 0 Å². The second-order valence-corrected chi connectivity index (χ2v) is 22.0. The molecule has 0 saturated carbocycles. The van der Waals surface area contributed by atoms with Crippen LogP contribution < -0.4 is 39.7 Å². The van der Waals surface area contributed by atoms with Gasteiger partial charge in [0.2, 0.25) is 11.4 Å². The van der Waals surface area contributed by atoms with Gasteiger partial charge in [-0.3, -0.25) is 14.4 Å². The van der Waals surface area contributed by atoms with Crippen LogP contribution in [0.5, 0.6) is 0 Å². The number of carbonyl (C=O) groups is 3. The van der Waals surface area contributed by atoms with Crippen LogP contribution >= 0.6 is 11.3 Å². The van der Waals surface area contributed by atoms with Crippen molar-refractivity contribution in [2.75, 3.05) is 93.2 Å². The number of pyridine rings is 1. The first-order valence-electron chi connectivity index (χ1n) is 30.3. The van der Waals surface area contributed by atoms with Crippen molar-refractivity contribution in [2.24, 2.45) is 0 Å². The zero-order valence-electron chi connectivity index (χ0n) is 52.9. The van der Waals surface area contributed by atoms with Gasteiger partial charge in [-0.05, 0) is 120 Å². The molecule has 0 spiro atoms. The van der Waals surface area contributed by atoms with E-state index < -0.39 is 17.6 Å². The number of fused-ring (bicyclic) bond motifs is 4. The van der Waals surface area contributed by atoms with E-state index in [4.69, 9.17) is 46.7 Å². The van der Waals surface area contributed by atoms with Gasteiger partial charge in [0, 0.05) is 113 Å². The molecule has 5 aromatic heterocycles. The molecule has 25 heteroatoms. The van der Waals surface area contributed by atoms with Crippen LogP contribution in [0.25, 0.3) is 79.8 Å². The first kappa shape index (κ1) is 68.0. The molecule has 92 heavy (non-hydrogen) atoms. The van der Waals surface area contributed by atoms with Crippen molar-refractivity contribution in [1.29, 1.82) is 0 Å². The molecule has 10 aromatic rings. The molecular formula is C67H73B3N12O9S+2. The summed E-state index contributed by atoms with van der Waals surface area (Å²) in [6.45, 7) is 14.9. The molecular weight excluding hydrogens is 1180 g/mol. The first-order valence-corrected chi connectivity index (χ1v) is 31.1. The van der Waals surface area contributed by atoms with E-state index in [-0.39, 0.29) is 43.8 Å². The third-order valence-electron chi connectivity index (χ3n) is 14.8. The van der Waals surface area contributed by atoms with E-state index in [1.807, 2.05) is 145 Å². The Kier molecular flexibility index (Phi) is 25.0. The van der Waals surface area contributed by atoms with Gasteiger partial charge in [0.1, 0.15) is 33.6 Å². The average molecular weight is 1250 g/mol. The molecule has 0 bridgehead atoms. The van der Waals surface area contributed by atoms with Crippen LogP contribution in [0.2, 0.25) is 19.0 Å². The predicted octanol–water partition coefficient (Wildman–Crippen LogP) is 9.09. The lowest BCUT2D eigenvalue weighted by Gasteiger charge is -2.20. The summed E-state index contributed by atoms with van der Waals surface area (Å²) in [5.74, 6) is -0.971. The average Bonchev–Trinajstić information content (AvgIpc) is 1.59. The Labute approximate surface area is 542 Å². The number of rotatable bonds is 26. The maximum absolute atomic E-state index is 12.3. The molecule has 1 amide bonds. The maximum Gasteiger partial charge on any atom is 0.362 e. The van der Waals surface area contributed by atoms with E-state index in [0.29, 0.717) is 37.3 Å². The molecule has 0 atom stereocenters. The largest absolute Gasteiger partial charge is 0.464 e. The Morgan fingerprint density at radius 1 is 0.620 bits per heavy atom. The van der Waals surface area contributed by atoms with E-state index in [2.05, 4.69) is 103 Å². The summed E-state index contributed by atoms with van der Waals surface area (Å²) in [6, 6.07) is 33.7. The molecule has 5 aromatic carbocycles. The zero-order valence-corrected chi connectivity index (χ0v) is 53.7. The maximum atomic E-state index is 12.3. The lowest BCUT2D eigenvalue weighted by molar-refractivity contribution is -0.694. The Bertz CT molecular complexity index is 4240. The Balaban J connectivity index is 0.000000178. The van der Waals surface area contributed by atoms with Crippen molar-refractivity contribution in [3.05, 3.63) is 159 Å². The first-order chi connectivity index (χ1) is 44.7. The molecule has 0 aliphatic heterocycles. The van der Waals surface area contributed by atoms with Crippen molar-refractivity contribution >= 4 is 155 Å². The molecule has 0 saturated heterocycles. The highest BCUT2D eigenvalue weighted by Gasteiger charge is 2.21. The third kappa shape index (κ3) is 18.0. The summed E-state index contributed by atoms with van der Waals surface area (Å²) in [5.41, 5.74) is 12.8. The number of hydrogen-bond acceptors (Lipinski definition) is 19. The van der Waals surface area contributed by atoms with Crippen LogP contribution in [0.3, 0.4) is 0 Å². The minimum atomic E-state index is -0.483. The van der Waals surface area contributed by atoms with Crippen LogP contribution in [0.4, 0.5) is 22.7 Å². The van der Waals surface area contributed by atoms with Gasteiger partial charge in [-0.15, -0.1) is 0 Å². The van der Waals surface area contributed by atoms with Gasteiger partial charge in [0.15, 0.2) is 48.7 Å². The minimum Gasteiger partial charge on any atom is -0.464 e. The van der Waals surface area contributed by atoms with Crippen LogP contribution in [-0.2, 0) is 36.9 Å². The summed E-state index contributed by atoms with van der Waals surface area (Å²) in [7, 11) is 21.6. The molecule has 0 fully saturated rings. The highest BCUT2D eigenvalue weighted by atomic mass is 32.1. The minimum absolute atomic E-state index is 0.0125. The van der Waals surface area contributed by atoms with Gasteiger partial charge in [-0.1, -0.05) is 66.0 Å². The second-order valence-electron chi connectivity index (χ2n) is 20.9. The number of amides is 1. The summed E-state index contributed by atoms with van der Waals surface area (Å²) < 4.78 is 31.0. The molecule has 0 aliphatic carbocycles. The fourth-order valence-electron chi connectivity index (χ4n) is 9.73. The Hall–Kier alpha value is -9.90. The lowest BCUT2D eigenvalue weighted by Crippen LogP contribution is -2.39. The number of likely N-dealkylation sites (N-methyl/N-ethyl adjacent to an activating group) is 1.